The number of carbonyl (C=O) groups is 1. The third-order valence-electron chi connectivity index (χ3n) is 6.05. The van der Waals surface area contributed by atoms with Gasteiger partial charge in [-0.2, -0.15) is 4.98 Å². The standard InChI is InChI=1S/C18H31N5O3/c1-5-15-20-14(21-26-15)12-22-7-9-23(10-8-22)16(24)18(19)11-13(25-6-2)17(18,3)4/h13H,5-12,19H2,1-4H3. The van der Waals surface area contributed by atoms with E-state index in [0.717, 1.165) is 19.5 Å². The molecule has 1 aliphatic carbocycles. The van der Waals surface area contributed by atoms with Gasteiger partial charge >= 0.3 is 0 Å². The molecule has 8 nitrogen and oxygen atoms in total. The van der Waals surface area contributed by atoms with Crippen molar-refractivity contribution >= 4 is 5.91 Å². The van der Waals surface area contributed by atoms with Crippen LogP contribution in [0.4, 0.5) is 0 Å². The highest BCUT2D eigenvalue weighted by atomic mass is 16.5. The summed E-state index contributed by atoms with van der Waals surface area (Å²) in [5.74, 6) is 1.41. The van der Waals surface area contributed by atoms with Crippen LogP contribution in [0.3, 0.4) is 0 Å². The summed E-state index contributed by atoms with van der Waals surface area (Å²) in [6.07, 6.45) is 1.39. The van der Waals surface area contributed by atoms with Gasteiger partial charge in [0.1, 0.15) is 5.54 Å². The first kappa shape index (κ1) is 19.3. The molecule has 0 spiro atoms. The maximum atomic E-state index is 13.1. The average Bonchev–Trinajstić information content (AvgIpc) is 3.09. The van der Waals surface area contributed by atoms with Crippen LogP contribution in [0.5, 0.6) is 0 Å². The summed E-state index contributed by atoms with van der Waals surface area (Å²) in [4.78, 5) is 21.6. The van der Waals surface area contributed by atoms with Crippen LogP contribution in [0.2, 0.25) is 0 Å². The van der Waals surface area contributed by atoms with Crippen LogP contribution < -0.4 is 5.73 Å². The Bertz CT molecular complexity index is 639. The SMILES string of the molecule is CCOC1CC(N)(C(=O)N2CCN(Cc3noc(CC)n3)CC2)C1(C)C. The zero-order chi connectivity index (χ0) is 18.9. The zero-order valence-electron chi connectivity index (χ0n) is 16.3. The largest absolute Gasteiger partial charge is 0.378 e. The molecule has 0 aromatic carbocycles. The van der Waals surface area contributed by atoms with E-state index in [-0.39, 0.29) is 17.4 Å². The lowest BCUT2D eigenvalue weighted by Gasteiger charge is -2.59. The van der Waals surface area contributed by atoms with Crippen LogP contribution in [0.1, 0.15) is 45.8 Å². The Morgan fingerprint density at radius 2 is 2.00 bits per heavy atom. The number of aryl methyl sites for hydroxylation is 1. The van der Waals surface area contributed by atoms with Gasteiger partial charge in [-0.1, -0.05) is 25.9 Å². The predicted molar refractivity (Wildman–Crippen MR) is 96.3 cm³/mol. The molecule has 1 saturated carbocycles. The monoisotopic (exact) mass is 365 g/mol. The number of rotatable bonds is 6. The van der Waals surface area contributed by atoms with E-state index >= 15 is 0 Å². The van der Waals surface area contributed by atoms with Gasteiger partial charge in [0.05, 0.1) is 12.6 Å². The van der Waals surface area contributed by atoms with Gasteiger partial charge in [0.2, 0.25) is 11.8 Å². The molecule has 0 radical (unpaired) electrons. The molecule has 2 N–H and O–H groups in total. The number of ether oxygens (including phenoxy) is 1. The van der Waals surface area contributed by atoms with E-state index in [1.165, 1.54) is 0 Å². The first-order chi connectivity index (χ1) is 12.3. The molecule has 1 aromatic heterocycles. The molecule has 146 valence electrons. The summed E-state index contributed by atoms with van der Waals surface area (Å²) in [5, 5.41) is 4.00. The highest BCUT2D eigenvalue weighted by Crippen LogP contribution is 2.50. The lowest BCUT2D eigenvalue weighted by molar-refractivity contribution is -0.180. The molecule has 26 heavy (non-hydrogen) atoms. The first-order valence-electron chi connectivity index (χ1n) is 9.55. The van der Waals surface area contributed by atoms with Crippen LogP contribution in [0, 0.1) is 5.41 Å². The van der Waals surface area contributed by atoms with Crippen LogP contribution >= 0.6 is 0 Å². The average molecular weight is 365 g/mol. The molecule has 2 aliphatic rings. The van der Waals surface area contributed by atoms with E-state index in [1.807, 2.05) is 32.6 Å². The van der Waals surface area contributed by atoms with Crippen molar-refractivity contribution in [2.45, 2.75) is 58.7 Å². The van der Waals surface area contributed by atoms with Crippen molar-refractivity contribution in [1.82, 2.24) is 19.9 Å². The Hall–Kier alpha value is -1.51. The van der Waals surface area contributed by atoms with E-state index < -0.39 is 5.54 Å². The molecule has 1 aliphatic heterocycles. The molecule has 0 bridgehead atoms. The topological polar surface area (TPSA) is 97.7 Å². The van der Waals surface area contributed by atoms with E-state index in [4.69, 9.17) is 15.0 Å². The number of hydrogen-bond acceptors (Lipinski definition) is 7. The molecular formula is C18H31N5O3. The van der Waals surface area contributed by atoms with Gasteiger partial charge in [0.25, 0.3) is 0 Å². The fraction of sp³-hybridized carbons (Fsp3) is 0.833. The van der Waals surface area contributed by atoms with Gasteiger partial charge in [-0.25, -0.2) is 0 Å². The Kier molecular flexibility index (Phi) is 5.37. The number of piperazine rings is 1. The summed E-state index contributed by atoms with van der Waals surface area (Å²) < 4.78 is 10.9. The van der Waals surface area contributed by atoms with E-state index in [0.29, 0.717) is 44.4 Å². The Morgan fingerprint density at radius 3 is 2.54 bits per heavy atom. The summed E-state index contributed by atoms with van der Waals surface area (Å²) >= 11 is 0. The highest BCUT2D eigenvalue weighted by Gasteiger charge is 2.63. The Balaban J connectivity index is 1.54. The Morgan fingerprint density at radius 1 is 1.31 bits per heavy atom. The van der Waals surface area contributed by atoms with Gasteiger partial charge in [0, 0.05) is 51.0 Å². The predicted octanol–water partition coefficient (Wildman–Crippen LogP) is 0.809. The molecule has 1 amide bonds. The van der Waals surface area contributed by atoms with Crippen LogP contribution in [-0.2, 0) is 22.5 Å². The van der Waals surface area contributed by atoms with Crippen molar-refractivity contribution in [2.24, 2.45) is 11.1 Å². The molecule has 1 saturated heterocycles. The second kappa shape index (κ2) is 7.25. The summed E-state index contributed by atoms with van der Waals surface area (Å²) in [5.41, 5.74) is 5.35. The summed E-state index contributed by atoms with van der Waals surface area (Å²) in [6, 6.07) is 0. The maximum absolute atomic E-state index is 13.1. The minimum Gasteiger partial charge on any atom is -0.378 e. The van der Waals surface area contributed by atoms with Gasteiger partial charge in [-0.3, -0.25) is 9.69 Å². The third kappa shape index (κ3) is 3.25. The van der Waals surface area contributed by atoms with Gasteiger partial charge in [-0.05, 0) is 6.92 Å². The van der Waals surface area contributed by atoms with Crippen molar-refractivity contribution in [3.63, 3.8) is 0 Å². The smallest absolute Gasteiger partial charge is 0.243 e. The maximum Gasteiger partial charge on any atom is 0.243 e. The van der Waals surface area contributed by atoms with Crippen molar-refractivity contribution in [1.29, 1.82) is 0 Å². The molecular weight excluding hydrogens is 334 g/mol. The summed E-state index contributed by atoms with van der Waals surface area (Å²) in [7, 11) is 0. The normalized spacial score (nSPS) is 28.8. The molecule has 2 fully saturated rings. The number of carbonyl (C=O) groups excluding carboxylic acids is 1. The highest BCUT2D eigenvalue weighted by molar-refractivity contribution is 5.89. The van der Waals surface area contributed by atoms with Crippen LogP contribution in [-0.4, -0.2) is 70.3 Å². The van der Waals surface area contributed by atoms with Crippen molar-refractivity contribution in [2.75, 3.05) is 32.8 Å². The number of aromatic nitrogens is 2. The molecule has 2 unspecified atom stereocenters. The minimum atomic E-state index is -0.835. The van der Waals surface area contributed by atoms with Gasteiger partial charge < -0.3 is 19.9 Å². The fourth-order valence-electron chi connectivity index (χ4n) is 3.89. The number of hydrogen-bond donors (Lipinski definition) is 1. The van der Waals surface area contributed by atoms with E-state index in [9.17, 15) is 4.79 Å². The summed E-state index contributed by atoms with van der Waals surface area (Å²) in [6.45, 7) is 12.2. The zero-order valence-corrected chi connectivity index (χ0v) is 16.3. The molecule has 8 heteroatoms. The van der Waals surface area contributed by atoms with Crippen LogP contribution in [0.15, 0.2) is 4.52 Å². The van der Waals surface area contributed by atoms with E-state index in [2.05, 4.69) is 15.0 Å². The Labute approximate surface area is 155 Å². The third-order valence-corrected chi connectivity index (χ3v) is 6.05. The lowest BCUT2D eigenvalue weighted by Crippen LogP contribution is -2.76. The number of amides is 1. The molecule has 2 heterocycles. The minimum absolute atomic E-state index is 0.0472. The van der Waals surface area contributed by atoms with E-state index in [1.54, 1.807) is 0 Å². The molecule has 2 atom stereocenters. The fourth-order valence-corrected chi connectivity index (χ4v) is 3.89. The van der Waals surface area contributed by atoms with Crippen molar-refractivity contribution in [3.8, 4) is 0 Å². The van der Waals surface area contributed by atoms with Crippen molar-refractivity contribution < 1.29 is 14.1 Å². The molecule has 1 aromatic rings. The number of nitrogens with two attached hydrogens (primary N) is 1. The number of nitrogens with zero attached hydrogens (tertiary/aromatic N) is 4. The molecule has 3 rings (SSSR count). The second-order valence-corrected chi connectivity index (χ2v) is 7.87. The van der Waals surface area contributed by atoms with Gasteiger partial charge in [0.15, 0.2) is 5.82 Å². The van der Waals surface area contributed by atoms with Crippen LogP contribution in [0.25, 0.3) is 0 Å². The second-order valence-electron chi connectivity index (χ2n) is 7.87. The lowest BCUT2D eigenvalue weighted by atomic mass is 9.54. The first-order valence-corrected chi connectivity index (χ1v) is 9.55. The van der Waals surface area contributed by atoms with Gasteiger partial charge in [-0.15, -0.1) is 0 Å². The van der Waals surface area contributed by atoms with Crippen molar-refractivity contribution in [3.05, 3.63) is 11.7 Å². The quantitative estimate of drug-likeness (QED) is 0.796.